The van der Waals surface area contributed by atoms with E-state index in [0.717, 1.165) is 36.4 Å². The van der Waals surface area contributed by atoms with Crippen LogP contribution in [0, 0.1) is 10.1 Å². The van der Waals surface area contributed by atoms with Crippen LogP contribution in [0.3, 0.4) is 0 Å². The van der Waals surface area contributed by atoms with Gasteiger partial charge >= 0.3 is 0 Å². The molecule has 0 radical (unpaired) electrons. The van der Waals surface area contributed by atoms with Gasteiger partial charge in [0.25, 0.3) is 0 Å². The third-order valence-electron chi connectivity index (χ3n) is 2.71. The molecule has 4 heteroatoms. The van der Waals surface area contributed by atoms with Gasteiger partial charge in [0.2, 0.25) is 0 Å². The molecule has 2 heterocycles. The lowest BCUT2D eigenvalue weighted by molar-refractivity contribution is 0.399. The number of H-pyrrole nitrogens is 1. The second kappa shape index (κ2) is 4.26. The van der Waals surface area contributed by atoms with Crippen molar-refractivity contribution in [1.82, 2.24) is 15.3 Å². The molecule has 16 heavy (non-hydrogen) atoms. The highest BCUT2D eigenvalue weighted by atomic mass is 32.1. The van der Waals surface area contributed by atoms with Gasteiger partial charge in [-0.2, -0.15) is 0 Å². The van der Waals surface area contributed by atoms with Crippen molar-refractivity contribution in [1.29, 1.82) is 0 Å². The van der Waals surface area contributed by atoms with Gasteiger partial charge in [0.05, 0.1) is 0 Å². The van der Waals surface area contributed by atoms with E-state index in [4.69, 9.17) is 12.2 Å². The molecule has 0 saturated carbocycles. The summed E-state index contributed by atoms with van der Waals surface area (Å²) < 4.78 is 0.764. The van der Waals surface area contributed by atoms with Crippen molar-refractivity contribution in [2.45, 2.75) is 40.2 Å². The Bertz CT molecular complexity index is 443. The number of nitrogens with one attached hydrogen (secondary N) is 2. The fraction of sp³-hybridized carbons (Fsp3) is 0.667. The summed E-state index contributed by atoms with van der Waals surface area (Å²) in [5.74, 6) is 1.03. The molecule has 0 amide bonds. The predicted octanol–water partition coefficient (Wildman–Crippen LogP) is 2.37. The first-order valence-corrected chi connectivity index (χ1v) is 6.18. The molecule has 2 N–H and O–H groups in total. The van der Waals surface area contributed by atoms with Crippen molar-refractivity contribution in [2.24, 2.45) is 5.41 Å². The van der Waals surface area contributed by atoms with Crippen molar-refractivity contribution < 1.29 is 0 Å². The third kappa shape index (κ3) is 2.68. The number of aromatic amines is 1. The zero-order valence-electron chi connectivity index (χ0n) is 10.2. The Labute approximate surface area is 102 Å². The second-order valence-corrected chi connectivity index (χ2v) is 6.00. The van der Waals surface area contributed by atoms with E-state index in [0.29, 0.717) is 0 Å². The lowest BCUT2D eigenvalue weighted by Gasteiger charge is -2.21. The fourth-order valence-corrected chi connectivity index (χ4v) is 2.31. The molecule has 1 aliphatic heterocycles. The minimum absolute atomic E-state index is 0.242. The summed E-state index contributed by atoms with van der Waals surface area (Å²) in [6.07, 6.45) is 1.97. The lowest BCUT2D eigenvalue weighted by atomic mass is 9.92. The summed E-state index contributed by atoms with van der Waals surface area (Å²) in [7, 11) is 0. The first-order chi connectivity index (χ1) is 7.46. The number of hydrogen-bond donors (Lipinski definition) is 2. The van der Waals surface area contributed by atoms with Gasteiger partial charge < -0.3 is 10.3 Å². The number of aromatic nitrogens is 2. The van der Waals surface area contributed by atoms with Gasteiger partial charge in [-0.3, -0.25) is 0 Å². The maximum Gasteiger partial charge on any atom is 0.134 e. The smallest absolute Gasteiger partial charge is 0.134 e. The van der Waals surface area contributed by atoms with Crippen molar-refractivity contribution in [3.63, 3.8) is 0 Å². The SMILES string of the molecule is CC(C)(C)Cc1nc(=S)c2c([nH]1)CCNC2. The maximum absolute atomic E-state index is 5.34. The van der Waals surface area contributed by atoms with Crippen LogP contribution in [0.25, 0.3) is 0 Å². The predicted molar refractivity (Wildman–Crippen MR) is 68.0 cm³/mol. The van der Waals surface area contributed by atoms with Gasteiger partial charge in [0.15, 0.2) is 0 Å². The van der Waals surface area contributed by atoms with E-state index in [2.05, 4.69) is 36.1 Å². The van der Waals surface area contributed by atoms with Crippen LogP contribution in [0.15, 0.2) is 0 Å². The molecule has 0 aromatic carbocycles. The largest absolute Gasteiger partial charge is 0.347 e. The van der Waals surface area contributed by atoms with E-state index in [1.807, 2.05) is 0 Å². The van der Waals surface area contributed by atoms with Crippen molar-refractivity contribution in [3.05, 3.63) is 21.7 Å². The zero-order chi connectivity index (χ0) is 11.8. The first kappa shape index (κ1) is 11.7. The summed E-state index contributed by atoms with van der Waals surface area (Å²) in [5.41, 5.74) is 2.70. The van der Waals surface area contributed by atoms with Crippen LogP contribution in [0.5, 0.6) is 0 Å². The molecule has 0 unspecified atom stereocenters. The maximum atomic E-state index is 5.34. The molecule has 88 valence electrons. The molecule has 0 saturated heterocycles. The normalized spacial score (nSPS) is 15.9. The molecule has 3 nitrogen and oxygen atoms in total. The Morgan fingerprint density at radius 3 is 2.81 bits per heavy atom. The van der Waals surface area contributed by atoms with Crippen LogP contribution in [0.1, 0.15) is 37.9 Å². The second-order valence-electron chi connectivity index (χ2n) is 5.61. The lowest BCUT2D eigenvalue weighted by Crippen LogP contribution is -2.26. The molecule has 0 bridgehead atoms. The van der Waals surface area contributed by atoms with Gasteiger partial charge in [-0.15, -0.1) is 0 Å². The van der Waals surface area contributed by atoms with Crippen LogP contribution in [-0.2, 0) is 19.4 Å². The average molecular weight is 237 g/mol. The molecular weight excluding hydrogens is 218 g/mol. The molecule has 1 aromatic heterocycles. The highest BCUT2D eigenvalue weighted by molar-refractivity contribution is 7.71. The van der Waals surface area contributed by atoms with E-state index in [1.165, 1.54) is 11.3 Å². The van der Waals surface area contributed by atoms with Crippen LogP contribution in [0.2, 0.25) is 0 Å². The summed E-state index contributed by atoms with van der Waals surface area (Å²) in [6, 6.07) is 0. The summed E-state index contributed by atoms with van der Waals surface area (Å²) in [4.78, 5) is 7.94. The van der Waals surface area contributed by atoms with Gasteiger partial charge in [-0.05, 0) is 5.41 Å². The monoisotopic (exact) mass is 237 g/mol. The molecule has 0 aliphatic carbocycles. The molecule has 0 atom stereocenters. The Morgan fingerprint density at radius 2 is 2.12 bits per heavy atom. The minimum Gasteiger partial charge on any atom is -0.347 e. The highest BCUT2D eigenvalue weighted by Gasteiger charge is 2.16. The third-order valence-corrected chi connectivity index (χ3v) is 3.04. The van der Waals surface area contributed by atoms with E-state index in [1.54, 1.807) is 0 Å². The summed E-state index contributed by atoms with van der Waals surface area (Å²) in [6.45, 7) is 8.52. The van der Waals surface area contributed by atoms with Gasteiger partial charge in [-0.1, -0.05) is 33.0 Å². The Morgan fingerprint density at radius 1 is 1.38 bits per heavy atom. The number of nitrogens with zero attached hydrogens (tertiary/aromatic N) is 1. The van der Waals surface area contributed by atoms with Crippen LogP contribution in [0.4, 0.5) is 0 Å². The van der Waals surface area contributed by atoms with Gasteiger partial charge in [-0.25, -0.2) is 4.98 Å². The van der Waals surface area contributed by atoms with Crippen LogP contribution >= 0.6 is 12.2 Å². The van der Waals surface area contributed by atoms with E-state index in [9.17, 15) is 0 Å². The summed E-state index contributed by atoms with van der Waals surface area (Å²) in [5, 5.41) is 3.32. The van der Waals surface area contributed by atoms with Gasteiger partial charge in [0, 0.05) is 37.2 Å². The number of rotatable bonds is 1. The highest BCUT2D eigenvalue weighted by Crippen LogP contribution is 2.20. The van der Waals surface area contributed by atoms with Gasteiger partial charge in [0.1, 0.15) is 10.5 Å². The van der Waals surface area contributed by atoms with Crippen molar-refractivity contribution in [3.8, 4) is 0 Å². The van der Waals surface area contributed by atoms with E-state index < -0.39 is 0 Å². The number of hydrogen-bond acceptors (Lipinski definition) is 3. The molecule has 0 fully saturated rings. The molecule has 2 rings (SSSR count). The van der Waals surface area contributed by atoms with Crippen LogP contribution in [-0.4, -0.2) is 16.5 Å². The van der Waals surface area contributed by atoms with Crippen LogP contribution < -0.4 is 5.32 Å². The topological polar surface area (TPSA) is 40.7 Å². The molecular formula is C12H19N3S. The minimum atomic E-state index is 0.242. The first-order valence-electron chi connectivity index (χ1n) is 5.77. The zero-order valence-corrected chi connectivity index (χ0v) is 11.0. The standard InChI is InChI=1S/C12H19N3S/c1-12(2,3)6-10-14-9-4-5-13-7-8(9)11(16)15-10/h13H,4-7H2,1-3H3,(H,14,15,16). The van der Waals surface area contributed by atoms with E-state index in [-0.39, 0.29) is 5.41 Å². The fourth-order valence-electron chi connectivity index (χ4n) is 2.01. The Hall–Kier alpha value is -0.740. The Kier molecular flexibility index (Phi) is 3.13. The average Bonchev–Trinajstić information content (AvgIpc) is 2.15. The van der Waals surface area contributed by atoms with Crippen molar-refractivity contribution in [2.75, 3.05) is 6.54 Å². The molecule has 0 spiro atoms. The number of fused-ring (bicyclic) bond motifs is 1. The molecule has 1 aliphatic rings. The Balaban J connectivity index is 2.36. The van der Waals surface area contributed by atoms with E-state index >= 15 is 0 Å². The summed E-state index contributed by atoms with van der Waals surface area (Å²) >= 11 is 5.34. The quantitative estimate of drug-likeness (QED) is 0.737. The van der Waals surface area contributed by atoms with Crippen molar-refractivity contribution >= 4 is 12.2 Å². The molecule has 1 aromatic rings.